The molecule has 0 spiro atoms. The van der Waals surface area contributed by atoms with Gasteiger partial charge in [0.2, 0.25) is 0 Å². The number of carbonyl (C=O) groups excluding carboxylic acids is 2. The van der Waals surface area contributed by atoms with Crippen LogP contribution in [-0.4, -0.2) is 26.6 Å². The van der Waals surface area contributed by atoms with Crippen LogP contribution in [0, 0.1) is 6.92 Å². The van der Waals surface area contributed by atoms with Crippen molar-refractivity contribution >= 4 is 34.3 Å². The lowest BCUT2D eigenvalue weighted by Crippen LogP contribution is -2.41. The molecular weight excluding hydrogens is 378 g/mol. The van der Waals surface area contributed by atoms with E-state index in [-0.39, 0.29) is 10.7 Å². The van der Waals surface area contributed by atoms with Crippen LogP contribution in [-0.2, 0) is 0 Å². The Hall–Kier alpha value is -3.58. The third kappa shape index (κ3) is 3.12. The molecular formula is C20H16ClN5O2. The van der Waals surface area contributed by atoms with Crippen molar-refractivity contribution in [3.8, 4) is 5.69 Å². The van der Waals surface area contributed by atoms with Crippen LogP contribution in [0.5, 0.6) is 0 Å². The molecule has 0 fully saturated rings. The highest BCUT2D eigenvalue weighted by Gasteiger charge is 2.22. The molecule has 2 heterocycles. The topological polar surface area (TPSA) is 91.8 Å². The first-order valence-corrected chi connectivity index (χ1v) is 8.91. The second-order valence-electron chi connectivity index (χ2n) is 6.15. The summed E-state index contributed by atoms with van der Waals surface area (Å²) in [5, 5.41) is 5.26. The molecule has 0 aliphatic carbocycles. The summed E-state index contributed by atoms with van der Waals surface area (Å²) in [6.45, 7) is 1.68. The fraction of sp³-hybridized carbons (Fsp3) is 0.0500. The summed E-state index contributed by atoms with van der Waals surface area (Å²) in [7, 11) is 0. The Kier molecular flexibility index (Phi) is 4.58. The molecule has 2 amide bonds. The zero-order valence-corrected chi connectivity index (χ0v) is 15.6. The number of aromatic amines is 1. The van der Waals surface area contributed by atoms with Crippen LogP contribution in [0.3, 0.4) is 0 Å². The van der Waals surface area contributed by atoms with E-state index in [4.69, 9.17) is 11.6 Å². The molecule has 0 aliphatic rings. The Morgan fingerprint density at radius 1 is 1.00 bits per heavy atom. The van der Waals surface area contributed by atoms with Gasteiger partial charge in [-0.3, -0.25) is 20.4 Å². The Bertz CT molecular complexity index is 1180. The van der Waals surface area contributed by atoms with Gasteiger partial charge in [-0.2, -0.15) is 5.10 Å². The summed E-state index contributed by atoms with van der Waals surface area (Å²) in [4.78, 5) is 28.1. The summed E-state index contributed by atoms with van der Waals surface area (Å²) in [6.07, 6.45) is 1.60. The normalized spacial score (nSPS) is 10.8. The monoisotopic (exact) mass is 393 g/mol. The van der Waals surface area contributed by atoms with E-state index in [0.29, 0.717) is 11.3 Å². The number of nitrogens with zero attached hydrogens (tertiary/aromatic N) is 2. The zero-order chi connectivity index (χ0) is 19.7. The summed E-state index contributed by atoms with van der Waals surface area (Å²) in [5.74, 6) is -0.979. The third-order valence-corrected chi connectivity index (χ3v) is 4.70. The molecule has 0 unspecified atom stereocenters. The summed E-state index contributed by atoms with van der Waals surface area (Å²) < 4.78 is 1.48. The predicted molar refractivity (Wildman–Crippen MR) is 107 cm³/mol. The van der Waals surface area contributed by atoms with Crippen molar-refractivity contribution in [2.45, 2.75) is 6.92 Å². The summed E-state index contributed by atoms with van der Waals surface area (Å²) >= 11 is 6.37. The van der Waals surface area contributed by atoms with E-state index in [9.17, 15) is 9.59 Å². The highest BCUT2D eigenvalue weighted by Crippen LogP contribution is 2.23. The highest BCUT2D eigenvalue weighted by molar-refractivity contribution is 6.33. The first kappa shape index (κ1) is 17.8. The van der Waals surface area contributed by atoms with Crippen LogP contribution in [0.2, 0.25) is 5.15 Å². The van der Waals surface area contributed by atoms with Gasteiger partial charge in [-0.15, -0.1) is 0 Å². The van der Waals surface area contributed by atoms with Crippen LogP contribution < -0.4 is 10.9 Å². The van der Waals surface area contributed by atoms with E-state index in [1.54, 1.807) is 13.1 Å². The number of hydrogen-bond acceptors (Lipinski definition) is 3. The summed E-state index contributed by atoms with van der Waals surface area (Å²) in [5.41, 5.74) is 7.48. The van der Waals surface area contributed by atoms with Crippen molar-refractivity contribution < 1.29 is 9.59 Å². The molecule has 28 heavy (non-hydrogen) atoms. The quantitative estimate of drug-likeness (QED) is 0.466. The van der Waals surface area contributed by atoms with Crippen molar-refractivity contribution in [1.29, 1.82) is 0 Å². The van der Waals surface area contributed by atoms with Gasteiger partial charge in [-0.1, -0.05) is 48.0 Å². The van der Waals surface area contributed by atoms with Gasteiger partial charge in [0.1, 0.15) is 10.7 Å². The maximum Gasteiger partial charge on any atom is 0.274 e. The Labute approximate surface area is 165 Å². The van der Waals surface area contributed by atoms with Crippen LogP contribution in [0.15, 0.2) is 60.8 Å². The number of H-pyrrole nitrogens is 1. The predicted octanol–water partition coefficient (Wildman–Crippen LogP) is 3.39. The van der Waals surface area contributed by atoms with E-state index in [0.717, 1.165) is 16.6 Å². The fourth-order valence-corrected chi connectivity index (χ4v) is 3.36. The number of para-hydroxylation sites is 2. The van der Waals surface area contributed by atoms with E-state index in [2.05, 4.69) is 20.9 Å². The molecule has 4 aromatic rings. The standard InChI is InChI=1S/C20H16ClN5O2/c1-12-17(18(21)26(25-12)13-7-3-2-4-8-13)20(28)24-23-19(27)15-11-22-16-10-6-5-9-14(15)16/h2-11,22H,1H3,(H,23,27)(H,24,28). The van der Waals surface area contributed by atoms with Gasteiger partial charge in [-0.25, -0.2) is 4.68 Å². The summed E-state index contributed by atoms with van der Waals surface area (Å²) in [6, 6.07) is 16.6. The highest BCUT2D eigenvalue weighted by atomic mass is 35.5. The first-order chi connectivity index (χ1) is 13.6. The number of hydrazine groups is 1. The molecule has 2 aromatic carbocycles. The van der Waals surface area contributed by atoms with Gasteiger partial charge >= 0.3 is 0 Å². The van der Waals surface area contributed by atoms with Crippen LogP contribution >= 0.6 is 11.6 Å². The molecule has 0 radical (unpaired) electrons. The van der Waals surface area contributed by atoms with Gasteiger partial charge in [0.05, 0.1) is 16.9 Å². The van der Waals surface area contributed by atoms with Crippen molar-refractivity contribution in [2.24, 2.45) is 0 Å². The number of aryl methyl sites for hydroxylation is 1. The average Bonchev–Trinajstić information content (AvgIpc) is 3.27. The molecule has 0 aliphatic heterocycles. The zero-order valence-electron chi connectivity index (χ0n) is 14.9. The lowest BCUT2D eigenvalue weighted by Gasteiger charge is -2.07. The number of carbonyl (C=O) groups is 2. The molecule has 0 saturated heterocycles. The van der Waals surface area contributed by atoms with Gasteiger partial charge in [0, 0.05) is 17.1 Å². The second kappa shape index (κ2) is 7.21. The van der Waals surface area contributed by atoms with Crippen LogP contribution in [0.25, 0.3) is 16.6 Å². The molecule has 3 N–H and O–H groups in total. The van der Waals surface area contributed by atoms with E-state index in [1.807, 2.05) is 54.6 Å². The minimum absolute atomic E-state index is 0.169. The van der Waals surface area contributed by atoms with Crippen LogP contribution in [0.4, 0.5) is 0 Å². The Balaban J connectivity index is 1.53. The lowest BCUT2D eigenvalue weighted by molar-refractivity contribution is 0.0847. The van der Waals surface area contributed by atoms with Crippen LogP contribution in [0.1, 0.15) is 26.4 Å². The molecule has 2 aromatic heterocycles. The molecule has 7 nitrogen and oxygen atoms in total. The lowest BCUT2D eigenvalue weighted by atomic mass is 10.2. The number of nitrogens with one attached hydrogen (secondary N) is 3. The van der Waals surface area contributed by atoms with Crippen molar-refractivity contribution in [3.05, 3.63) is 82.8 Å². The third-order valence-electron chi connectivity index (χ3n) is 4.36. The number of halogens is 1. The van der Waals surface area contributed by atoms with E-state index < -0.39 is 11.8 Å². The number of benzene rings is 2. The van der Waals surface area contributed by atoms with Crippen molar-refractivity contribution in [1.82, 2.24) is 25.6 Å². The number of hydrogen-bond donors (Lipinski definition) is 3. The van der Waals surface area contributed by atoms with Crippen molar-refractivity contribution in [3.63, 3.8) is 0 Å². The Morgan fingerprint density at radius 3 is 2.46 bits per heavy atom. The number of rotatable bonds is 3. The average molecular weight is 394 g/mol. The van der Waals surface area contributed by atoms with Crippen molar-refractivity contribution in [2.75, 3.05) is 0 Å². The van der Waals surface area contributed by atoms with Gasteiger partial charge in [-0.05, 0) is 25.1 Å². The number of fused-ring (bicyclic) bond motifs is 1. The molecule has 0 saturated carbocycles. The minimum Gasteiger partial charge on any atom is -0.360 e. The second-order valence-corrected chi connectivity index (χ2v) is 6.51. The molecule has 4 rings (SSSR count). The van der Waals surface area contributed by atoms with Gasteiger partial charge in [0.15, 0.2) is 0 Å². The molecule has 0 bridgehead atoms. The molecule has 140 valence electrons. The minimum atomic E-state index is -0.544. The molecule has 0 atom stereocenters. The maximum atomic E-state index is 12.6. The number of aromatic nitrogens is 3. The first-order valence-electron chi connectivity index (χ1n) is 8.53. The fourth-order valence-electron chi connectivity index (χ4n) is 3.00. The largest absolute Gasteiger partial charge is 0.360 e. The van der Waals surface area contributed by atoms with Gasteiger partial charge < -0.3 is 4.98 Å². The number of amides is 2. The SMILES string of the molecule is Cc1nn(-c2ccccc2)c(Cl)c1C(=O)NNC(=O)c1c[nH]c2ccccc12. The maximum absolute atomic E-state index is 12.6. The smallest absolute Gasteiger partial charge is 0.274 e. The Morgan fingerprint density at radius 2 is 1.68 bits per heavy atom. The van der Waals surface area contributed by atoms with Gasteiger partial charge in [0.25, 0.3) is 11.8 Å². The van der Waals surface area contributed by atoms with E-state index >= 15 is 0 Å². The molecule has 8 heteroatoms. The van der Waals surface area contributed by atoms with E-state index in [1.165, 1.54) is 4.68 Å².